The zero-order chi connectivity index (χ0) is 2.12. The largest absolute Gasteiger partial charge is 1.00 e. The number of halogens is 1. The van der Waals surface area contributed by atoms with Crippen LogP contribution >= 0.6 is 0 Å². The molecular weight excluding hydrogens is 106 g/mol. The molecule has 0 aromatic carbocycles. The van der Waals surface area contributed by atoms with Crippen molar-refractivity contribution in [1.82, 2.24) is 0 Å². The topological polar surface area (TPSA) is 39.4 Å². The van der Waals surface area contributed by atoms with Crippen LogP contribution in [0.5, 0.6) is 0 Å². The Balaban J connectivity index is 0. The van der Waals surface area contributed by atoms with E-state index in [1.54, 1.807) is 0 Å². The monoisotopic (exact) mass is 106 g/mol. The Morgan fingerprint density at radius 2 is 1.00 bits per heavy atom. The summed E-state index contributed by atoms with van der Waals surface area (Å²) < 4.78 is 10.5. The molecule has 0 unspecified atom stereocenters. The van der Waals surface area contributed by atoms with Crippen LogP contribution in [0.15, 0.2) is 14.2 Å². The van der Waals surface area contributed by atoms with E-state index < -0.39 is 0 Å². The van der Waals surface area contributed by atoms with E-state index in [2.05, 4.69) is 14.2 Å². The molecule has 0 aliphatic carbocycles. The van der Waals surface area contributed by atoms with E-state index in [0.29, 0.717) is 0 Å². The molecule has 0 amide bonds. The minimum atomic E-state index is 0. The molecule has 1 rings (SSSR count). The van der Waals surface area contributed by atoms with Crippen LogP contribution in [-0.2, 0) is 0 Å². The van der Waals surface area contributed by atoms with Crippen LogP contribution in [0, 0.1) is 0 Å². The van der Waals surface area contributed by atoms with Gasteiger partial charge in [-0.05, 0) is 0 Å². The fourth-order valence-electron chi connectivity index (χ4n) is 0. The van der Waals surface area contributed by atoms with Gasteiger partial charge in [0.15, 0.2) is 0 Å². The second kappa shape index (κ2) is 4.69. The van der Waals surface area contributed by atoms with Crippen LogP contribution in [0.3, 0.4) is 0 Å². The zero-order valence-electron chi connectivity index (χ0n) is 2.60. The molecule has 0 bridgehead atoms. The van der Waals surface area contributed by atoms with E-state index in [-0.39, 0.29) is 42.0 Å². The van der Waals surface area contributed by atoms with Gasteiger partial charge >= 0.3 is 29.6 Å². The van der Waals surface area contributed by atoms with E-state index >= 15 is 0 Å². The predicted molar refractivity (Wildman–Crippen MR) is 3.24 cm³/mol. The standard InChI is InChI=1S/ClH.Na.O3/c;;1-2-3-1/h1H;;/q;+1;/p-1. The van der Waals surface area contributed by atoms with Crippen LogP contribution < -0.4 is 42.0 Å². The van der Waals surface area contributed by atoms with Gasteiger partial charge in [-0.2, -0.15) is 0 Å². The van der Waals surface area contributed by atoms with Gasteiger partial charge in [-0.25, -0.2) is 0 Å². The average Bonchev–Trinajstić information content (AvgIpc) is 1.46. The fourth-order valence-corrected chi connectivity index (χ4v) is 0. The van der Waals surface area contributed by atoms with Crippen molar-refractivity contribution in [2.75, 3.05) is 0 Å². The van der Waals surface area contributed by atoms with Gasteiger partial charge in [-0.3, -0.25) is 0 Å². The van der Waals surface area contributed by atoms with E-state index in [9.17, 15) is 0 Å². The maximum absolute atomic E-state index is 3.50. The molecular formula is ClNaO3. The van der Waals surface area contributed by atoms with Crippen LogP contribution in [-0.4, -0.2) is 0 Å². The Morgan fingerprint density at radius 3 is 1.00 bits per heavy atom. The third kappa shape index (κ3) is 11.9. The Morgan fingerprint density at radius 1 is 0.800 bits per heavy atom. The molecule has 0 radical (unpaired) electrons. The Bertz CT molecular complexity index is 35.0. The van der Waals surface area contributed by atoms with E-state index in [1.165, 1.54) is 0 Å². The summed E-state index contributed by atoms with van der Waals surface area (Å²) in [5.41, 5.74) is 0. The van der Waals surface area contributed by atoms with Gasteiger partial charge in [0.25, 0.3) is 0 Å². The molecule has 0 aliphatic heterocycles. The molecule has 0 N–H and O–H groups in total. The Kier molecular flexibility index (Phi) is 8.62. The van der Waals surface area contributed by atoms with E-state index in [4.69, 9.17) is 0 Å². The molecule has 0 fully saturated rings. The maximum atomic E-state index is 3.50. The second-order valence-corrected chi connectivity index (χ2v) is 0.204. The van der Waals surface area contributed by atoms with Crippen LogP contribution in [0.1, 0.15) is 0 Å². The molecule has 0 atom stereocenters. The molecule has 0 spiro atoms. The normalized spacial score (nSPS) is 4.80. The predicted octanol–water partition coefficient (Wildman–Crippen LogP) is -5.53. The van der Waals surface area contributed by atoms with Gasteiger partial charge in [-0.1, -0.05) is 0 Å². The van der Waals surface area contributed by atoms with Gasteiger partial charge in [0, 0.05) is 14.2 Å². The van der Waals surface area contributed by atoms with Crippen molar-refractivity contribution in [3.05, 3.63) is 0 Å². The second-order valence-electron chi connectivity index (χ2n) is 0.204. The summed E-state index contributed by atoms with van der Waals surface area (Å²) in [4.78, 5) is 0. The molecule has 3 nitrogen and oxygen atoms in total. The number of hydrogen-bond donors (Lipinski definition) is 0. The van der Waals surface area contributed by atoms with Crippen molar-refractivity contribution in [2.45, 2.75) is 0 Å². The van der Waals surface area contributed by atoms with Gasteiger partial charge in [0.05, 0.1) is 0 Å². The maximum Gasteiger partial charge on any atom is 1.00 e. The summed E-state index contributed by atoms with van der Waals surface area (Å²) in [5.74, 6) is 0. The molecule has 0 saturated carbocycles. The Labute approximate surface area is 56.2 Å². The van der Waals surface area contributed by atoms with Crippen molar-refractivity contribution >= 4 is 0 Å². The first-order valence-corrected chi connectivity index (χ1v) is 0.500. The summed E-state index contributed by atoms with van der Waals surface area (Å²) in [6.07, 6.45) is 0. The van der Waals surface area contributed by atoms with Crippen molar-refractivity contribution in [3.8, 4) is 0 Å². The first-order valence-electron chi connectivity index (χ1n) is 0.500. The molecule has 26 valence electrons. The third-order valence-corrected chi connectivity index (χ3v) is 0.0680. The number of rotatable bonds is 0. The SMILES string of the molecule is [Cl-].[Na+].o1oo1. The minimum Gasteiger partial charge on any atom is -1.00 e. The first-order chi connectivity index (χ1) is 1.50. The van der Waals surface area contributed by atoms with Crippen LogP contribution in [0.2, 0.25) is 0 Å². The molecule has 0 aliphatic rings. The van der Waals surface area contributed by atoms with Crippen LogP contribution in [0.25, 0.3) is 0 Å². The third-order valence-electron chi connectivity index (χ3n) is 0.0680. The average molecular weight is 106 g/mol. The summed E-state index contributed by atoms with van der Waals surface area (Å²) in [7, 11) is 0. The van der Waals surface area contributed by atoms with Gasteiger partial charge < -0.3 is 12.4 Å². The van der Waals surface area contributed by atoms with Crippen molar-refractivity contribution in [3.63, 3.8) is 0 Å². The molecule has 5 heavy (non-hydrogen) atoms. The van der Waals surface area contributed by atoms with Crippen molar-refractivity contribution in [2.24, 2.45) is 0 Å². The summed E-state index contributed by atoms with van der Waals surface area (Å²) in [6.45, 7) is 0. The van der Waals surface area contributed by atoms with Crippen LogP contribution in [0.4, 0.5) is 0 Å². The van der Waals surface area contributed by atoms with Gasteiger partial charge in [-0.15, -0.1) is 0 Å². The van der Waals surface area contributed by atoms with E-state index in [0.717, 1.165) is 0 Å². The van der Waals surface area contributed by atoms with E-state index in [1.807, 2.05) is 0 Å². The number of hydrogen-bond acceptors (Lipinski definition) is 3. The molecule has 5 heteroatoms. The smallest absolute Gasteiger partial charge is 1.00 e. The summed E-state index contributed by atoms with van der Waals surface area (Å²) in [5, 5.41) is 0. The van der Waals surface area contributed by atoms with Crippen molar-refractivity contribution in [1.29, 1.82) is 0 Å². The van der Waals surface area contributed by atoms with Gasteiger partial charge in [0.1, 0.15) is 0 Å². The molecule has 1 aromatic heterocycles. The minimum absolute atomic E-state index is 0. The first kappa shape index (κ1) is 9.19. The summed E-state index contributed by atoms with van der Waals surface area (Å²) >= 11 is 0. The molecule has 1 aromatic rings. The van der Waals surface area contributed by atoms with Crippen molar-refractivity contribution < 1.29 is 56.2 Å². The fraction of sp³-hybridized carbons (Fsp3) is 0. The Hall–Kier alpha value is 0.690. The molecule has 1 heterocycles. The quantitative estimate of drug-likeness (QED) is 0.245. The zero-order valence-corrected chi connectivity index (χ0v) is 5.36. The summed E-state index contributed by atoms with van der Waals surface area (Å²) in [6, 6.07) is 0. The van der Waals surface area contributed by atoms with Gasteiger partial charge in [0.2, 0.25) is 0 Å². The molecule has 0 saturated heterocycles.